The van der Waals surface area contributed by atoms with Gasteiger partial charge in [-0.2, -0.15) is 0 Å². The van der Waals surface area contributed by atoms with E-state index in [1.54, 1.807) is 6.33 Å². The molecule has 1 aromatic heterocycles. The molecule has 96 valence electrons. The van der Waals surface area contributed by atoms with Crippen molar-refractivity contribution in [3.05, 3.63) is 17.7 Å². The van der Waals surface area contributed by atoms with E-state index in [1.165, 1.54) is 31.4 Å². The molecule has 0 aromatic carbocycles. The van der Waals surface area contributed by atoms with E-state index in [4.69, 9.17) is 0 Å². The highest BCUT2D eigenvalue weighted by Gasteiger charge is 2.27. The number of nitrogens with zero attached hydrogens (tertiary/aromatic N) is 1. The van der Waals surface area contributed by atoms with Crippen molar-refractivity contribution in [2.24, 2.45) is 11.8 Å². The van der Waals surface area contributed by atoms with Gasteiger partial charge in [-0.15, -0.1) is 0 Å². The summed E-state index contributed by atoms with van der Waals surface area (Å²) in [6.07, 6.45) is 7.28. The Morgan fingerprint density at radius 3 is 2.82 bits per heavy atom. The number of aromatic amines is 1. The minimum atomic E-state index is 0.680. The van der Waals surface area contributed by atoms with Crippen molar-refractivity contribution >= 4 is 0 Å². The number of rotatable bonds is 4. The summed E-state index contributed by atoms with van der Waals surface area (Å²) < 4.78 is 0. The molecule has 3 nitrogen and oxygen atoms in total. The van der Waals surface area contributed by atoms with Crippen molar-refractivity contribution in [1.29, 1.82) is 0 Å². The molecule has 0 amide bonds. The Bertz CT molecular complexity index is 343. The fourth-order valence-electron chi connectivity index (χ4n) is 3.00. The van der Waals surface area contributed by atoms with Gasteiger partial charge in [-0.1, -0.05) is 26.7 Å². The highest BCUT2D eigenvalue weighted by atomic mass is 15.0. The van der Waals surface area contributed by atoms with Gasteiger partial charge in [0.1, 0.15) is 0 Å². The number of nitrogens with one attached hydrogen (secondary N) is 2. The quantitative estimate of drug-likeness (QED) is 0.842. The molecule has 1 heterocycles. The van der Waals surface area contributed by atoms with Crippen LogP contribution < -0.4 is 5.32 Å². The van der Waals surface area contributed by atoms with Gasteiger partial charge in [0.2, 0.25) is 0 Å². The van der Waals surface area contributed by atoms with Gasteiger partial charge in [0, 0.05) is 18.3 Å². The van der Waals surface area contributed by atoms with Crippen molar-refractivity contribution in [3.8, 4) is 0 Å². The van der Waals surface area contributed by atoms with Gasteiger partial charge in [0.15, 0.2) is 0 Å². The molecule has 0 bridgehead atoms. The van der Waals surface area contributed by atoms with Crippen molar-refractivity contribution < 1.29 is 0 Å². The number of aryl methyl sites for hydroxylation is 1. The average molecular weight is 235 g/mol. The summed E-state index contributed by atoms with van der Waals surface area (Å²) in [5.41, 5.74) is 2.35. The molecule has 0 spiro atoms. The van der Waals surface area contributed by atoms with Crippen molar-refractivity contribution in [1.82, 2.24) is 15.3 Å². The van der Waals surface area contributed by atoms with Crippen LogP contribution in [0.2, 0.25) is 0 Å². The Balaban J connectivity index is 1.90. The van der Waals surface area contributed by atoms with Crippen LogP contribution in [0.1, 0.15) is 50.9 Å². The summed E-state index contributed by atoms with van der Waals surface area (Å²) in [4.78, 5) is 7.49. The van der Waals surface area contributed by atoms with Gasteiger partial charge < -0.3 is 10.3 Å². The number of imidazole rings is 1. The highest BCUT2D eigenvalue weighted by Crippen LogP contribution is 2.30. The Morgan fingerprint density at radius 2 is 2.18 bits per heavy atom. The average Bonchev–Trinajstić information content (AvgIpc) is 2.72. The molecule has 1 aliphatic carbocycles. The zero-order valence-electron chi connectivity index (χ0n) is 11.3. The predicted octanol–water partition coefficient (Wildman–Crippen LogP) is 3.02. The second kappa shape index (κ2) is 5.67. The molecule has 1 aromatic rings. The molecule has 1 fully saturated rings. The molecule has 0 aliphatic heterocycles. The molecule has 3 heteroatoms. The lowest BCUT2D eigenvalue weighted by molar-refractivity contribution is 0.204. The lowest BCUT2D eigenvalue weighted by atomic mass is 9.78. The van der Waals surface area contributed by atoms with Crippen molar-refractivity contribution in [3.63, 3.8) is 0 Å². The zero-order valence-corrected chi connectivity index (χ0v) is 11.3. The Labute approximate surface area is 104 Å². The third kappa shape index (κ3) is 3.09. The molecular formula is C14H25N3. The summed E-state index contributed by atoms with van der Waals surface area (Å²) in [7, 11) is 0. The van der Waals surface area contributed by atoms with E-state index in [0.29, 0.717) is 6.04 Å². The van der Waals surface area contributed by atoms with Crippen LogP contribution in [0.15, 0.2) is 6.33 Å². The number of hydrogen-bond acceptors (Lipinski definition) is 2. The summed E-state index contributed by atoms with van der Waals surface area (Å²) in [5.74, 6) is 1.62. The first kappa shape index (κ1) is 12.6. The first-order valence-corrected chi connectivity index (χ1v) is 6.90. The maximum absolute atomic E-state index is 4.35. The zero-order chi connectivity index (χ0) is 12.3. The molecular weight excluding hydrogens is 210 g/mol. The van der Waals surface area contributed by atoms with Crippen LogP contribution in [0.4, 0.5) is 0 Å². The van der Waals surface area contributed by atoms with Gasteiger partial charge in [0.25, 0.3) is 0 Å². The third-order valence-electron chi connectivity index (χ3n) is 4.14. The summed E-state index contributed by atoms with van der Waals surface area (Å²) in [6, 6.07) is 0.680. The van der Waals surface area contributed by atoms with Gasteiger partial charge in [-0.3, -0.25) is 0 Å². The number of H-pyrrole nitrogens is 1. The number of aromatic nitrogens is 2. The minimum absolute atomic E-state index is 0.680. The normalized spacial score (nSPS) is 25.4. The van der Waals surface area contributed by atoms with E-state index in [1.807, 2.05) is 0 Å². The number of hydrogen-bond donors (Lipinski definition) is 2. The molecule has 2 rings (SSSR count). The molecule has 0 radical (unpaired) electrons. The minimum Gasteiger partial charge on any atom is -0.348 e. The maximum Gasteiger partial charge on any atom is 0.0925 e. The topological polar surface area (TPSA) is 40.7 Å². The van der Waals surface area contributed by atoms with Gasteiger partial charge in [0.05, 0.1) is 12.0 Å². The second-order valence-electron chi connectivity index (χ2n) is 5.65. The van der Waals surface area contributed by atoms with E-state index in [2.05, 4.69) is 36.1 Å². The van der Waals surface area contributed by atoms with Crippen LogP contribution in [0, 0.1) is 18.8 Å². The first-order chi connectivity index (χ1) is 8.18. The van der Waals surface area contributed by atoms with E-state index in [9.17, 15) is 0 Å². The molecule has 2 N–H and O–H groups in total. The first-order valence-electron chi connectivity index (χ1n) is 6.90. The van der Waals surface area contributed by atoms with Crippen LogP contribution in [0.3, 0.4) is 0 Å². The van der Waals surface area contributed by atoms with Crippen LogP contribution in [0.25, 0.3) is 0 Å². The second-order valence-corrected chi connectivity index (χ2v) is 5.65. The molecule has 17 heavy (non-hydrogen) atoms. The van der Waals surface area contributed by atoms with Crippen LogP contribution >= 0.6 is 0 Å². The monoisotopic (exact) mass is 235 g/mol. The molecule has 0 saturated heterocycles. The fourth-order valence-corrected chi connectivity index (χ4v) is 3.00. The summed E-state index contributed by atoms with van der Waals surface area (Å²) in [6.45, 7) is 7.70. The van der Waals surface area contributed by atoms with Crippen LogP contribution in [-0.4, -0.2) is 16.0 Å². The van der Waals surface area contributed by atoms with Gasteiger partial charge in [-0.25, -0.2) is 4.98 Å². The molecule has 1 aliphatic rings. The van der Waals surface area contributed by atoms with Crippen LogP contribution in [0.5, 0.6) is 0 Å². The van der Waals surface area contributed by atoms with E-state index in [0.717, 1.165) is 24.1 Å². The predicted molar refractivity (Wildman–Crippen MR) is 70.7 cm³/mol. The Hall–Kier alpha value is -0.830. The van der Waals surface area contributed by atoms with E-state index in [-0.39, 0.29) is 0 Å². The summed E-state index contributed by atoms with van der Waals surface area (Å²) >= 11 is 0. The van der Waals surface area contributed by atoms with E-state index < -0.39 is 0 Å². The maximum atomic E-state index is 4.35. The lowest BCUT2D eigenvalue weighted by Crippen LogP contribution is -2.40. The Morgan fingerprint density at radius 1 is 1.41 bits per heavy atom. The van der Waals surface area contributed by atoms with E-state index >= 15 is 0 Å². The van der Waals surface area contributed by atoms with Gasteiger partial charge >= 0.3 is 0 Å². The largest absolute Gasteiger partial charge is 0.348 e. The van der Waals surface area contributed by atoms with Crippen molar-refractivity contribution in [2.75, 3.05) is 0 Å². The molecule has 2 atom stereocenters. The SMILES string of the molecule is Cc1[nH]cnc1CNC1CCCCC1C(C)C. The summed E-state index contributed by atoms with van der Waals surface area (Å²) in [5, 5.41) is 3.71. The smallest absolute Gasteiger partial charge is 0.0925 e. The standard InChI is InChI=1S/C14H25N3/c1-10(2)12-6-4-5-7-13(12)15-8-14-11(3)16-9-17-14/h9-10,12-13,15H,4-8H2,1-3H3,(H,16,17). The van der Waals surface area contributed by atoms with Gasteiger partial charge in [-0.05, 0) is 31.6 Å². The Kier molecular flexibility index (Phi) is 4.21. The van der Waals surface area contributed by atoms with Crippen molar-refractivity contribution in [2.45, 2.75) is 59.0 Å². The highest BCUT2D eigenvalue weighted by molar-refractivity contribution is 5.08. The third-order valence-corrected chi connectivity index (χ3v) is 4.14. The molecule has 1 saturated carbocycles. The fraction of sp³-hybridized carbons (Fsp3) is 0.786. The molecule has 2 unspecified atom stereocenters. The lowest BCUT2D eigenvalue weighted by Gasteiger charge is -2.35. The van der Waals surface area contributed by atoms with Crippen LogP contribution in [-0.2, 0) is 6.54 Å².